The average molecular weight is 440 g/mol. The Kier molecular flexibility index (Phi) is 5.44. The molecule has 0 atom stereocenters. The van der Waals surface area contributed by atoms with E-state index in [1.54, 1.807) is 12.1 Å². The van der Waals surface area contributed by atoms with E-state index in [1.165, 1.54) is 16.9 Å². The van der Waals surface area contributed by atoms with Crippen molar-refractivity contribution in [2.24, 2.45) is 0 Å². The number of hydrogen-bond donors (Lipinski definition) is 1. The third-order valence-electron chi connectivity index (χ3n) is 5.22. The lowest BCUT2D eigenvalue weighted by Gasteiger charge is -2.12. The molecule has 0 fully saturated rings. The Balaban J connectivity index is 1.58. The van der Waals surface area contributed by atoms with Crippen molar-refractivity contribution in [1.82, 2.24) is 9.38 Å². The number of benzene rings is 2. The highest BCUT2D eigenvalue weighted by atomic mass is 32.1. The molecule has 0 bridgehead atoms. The maximum atomic E-state index is 12.6. The van der Waals surface area contributed by atoms with Crippen LogP contribution in [0.4, 0.5) is 5.82 Å². The summed E-state index contributed by atoms with van der Waals surface area (Å²) in [5.41, 5.74) is 4.59. The molecule has 3 aromatic heterocycles. The number of fused-ring (bicyclic) bond motifs is 1. The third kappa shape index (κ3) is 3.88. The number of pyridine rings is 1. The van der Waals surface area contributed by atoms with E-state index in [4.69, 9.17) is 9.72 Å². The predicted octanol–water partition coefficient (Wildman–Crippen LogP) is 6.20. The zero-order chi connectivity index (χ0) is 21.9. The second-order valence-corrected chi connectivity index (χ2v) is 8.34. The van der Waals surface area contributed by atoms with Crippen molar-refractivity contribution in [2.45, 2.75) is 13.5 Å². The van der Waals surface area contributed by atoms with E-state index in [-0.39, 0.29) is 5.97 Å². The molecule has 0 aliphatic rings. The number of nitrogens with zero attached hydrogens (tertiary/aromatic N) is 2. The molecule has 0 aliphatic heterocycles. The number of carbonyl (C=O) groups is 1. The molecule has 5 rings (SSSR count). The van der Waals surface area contributed by atoms with Crippen LogP contribution in [0.5, 0.6) is 5.75 Å². The molecule has 32 heavy (non-hydrogen) atoms. The van der Waals surface area contributed by atoms with Crippen molar-refractivity contribution in [1.29, 1.82) is 0 Å². The van der Waals surface area contributed by atoms with Gasteiger partial charge in [0.05, 0.1) is 0 Å². The van der Waals surface area contributed by atoms with Crippen molar-refractivity contribution in [2.75, 3.05) is 5.32 Å². The van der Waals surface area contributed by atoms with Gasteiger partial charge in [0.25, 0.3) is 0 Å². The van der Waals surface area contributed by atoms with Crippen LogP contribution in [0.3, 0.4) is 0 Å². The second kappa shape index (κ2) is 8.69. The number of ether oxygens (including phenoxy) is 1. The lowest BCUT2D eigenvalue weighted by atomic mass is 10.1. The summed E-state index contributed by atoms with van der Waals surface area (Å²) >= 11 is 1.36. The summed E-state index contributed by atoms with van der Waals surface area (Å²) < 4.78 is 7.83. The molecule has 2 aromatic carbocycles. The lowest BCUT2D eigenvalue weighted by molar-refractivity contribution is 0.0740. The van der Waals surface area contributed by atoms with E-state index in [2.05, 4.69) is 17.4 Å². The Hall–Kier alpha value is -3.90. The maximum absolute atomic E-state index is 12.6. The number of imidazole rings is 1. The molecule has 6 heteroatoms. The van der Waals surface area contributed by atoms with Gasteiger partial charge in [0.1, 0.15) is 27.8 Å². The molecule has 0 aliphatic carbocycles. The van der Waals surface area contributed by atoms with Crippen molar-refractivity contribution in [3.8, 4) is 17.0 Å². The number of aromatic nitrogens is 2. The van der Waals surface area contributed by atoms with Crippen LogP contribution < -0.4 is 10.1 Å². The van der Waals surface area contributed by atoms with E-state index in [1.807, 2.05) is 77.5 Å². The summed E-state index contributed by atoms with van der Waals surface area (Å²) in [5.74, 6) is 0.966. The lowest BCUT2D eigenvalue weighted by Crippen LogP contribution is -2.08. The van der Waals surface area contributed by atoms with Gasteiger partial charge in [-0.25, -0.2) is 9.78 Å². The van der Waals surface area contributed by atoms with Crippen LogP contribution in [-0.4, -0.2) is 15.4 Å². The summed E-state index contributed by atoms with van der Waals surface area (Å²) in [7, 11) is 0. The predicted molar refractivity (Wildman–Crippen MR) is 128 cm³/mol. The van der Waals surface area contributed by atoms with Crippen LogP contribution in [0.15, 0.2) is 90.4 Å². The average Bonchev–Trinajstić information content (AvgIpc) is 3.48. The number of nitrogens with one attached hydrogen (secondary N) is 1. The molecule has 3 heterocycles. The first-order valence-corrected chi connectivity index (χ1v) is 11.2. The van der Waals surface area contributed by atoms with Crippen molar-refractivity contribution < 1.29 is 9.53 Å². The SMILES string of the molecule is Cc1cccn2c(NCc3ccccc3)c(-c3ccccc3OC(=O)c3cccs3)nc12. The first-order chi connectivity index (χ1) is 15.7. The minimum absolute atomic E-state index is 0.369. The standard InChI is InChI=1S/C26H21N3O2S/c1-18-9-7-15-29-24(18)28-23(25(29)27-17-19-10-3-2-4-11-19)20-12-5-6-13-21(20)31-26(30)22-14-8-16-32-22/h2-16,27H,17H2,1H3. The Morgan fingerprint density at radius 3 is 2.62 bits per heavy atom. The van der Waals surface area contributed by atoms with Gasteiger partial charge in [-0.15, -0.1) is 11.3 Å². The number of para-hydroxylation sites is 1. The smallest absolute Gasteiger partial charge is 0.353 e. The van der Waals surface area contributed by atoms with Gasteiger partial charge in [0, 0.05) is 18.3 Å². The van der Waals surface area contributed by atoms with Gasteiger partial charge in [-0.2, -0.15) is 0 Å². The number of rotatable bonds is 6. The summed E-state index contributed by atoms with van der Waals surface area (Å²) in [6, 6.07) is 25.4. The minimum atomic E-state index is -0.369. The Labute approximate surface area is 190 Å². The van der Waals surface area contributed by atoms with E-state index in [9.17, 15) is 4.79 Å². The molecule has 0 radical (unpaired) electrons. The number of esters is 1. The fourth-order valence-electron chi connectivity index (χ4n) is 3.64. The Morgan fingerprint density at radius 2 is 1.81 bits per heavy atom. The van der Waals surface area contributed by atoms with Gasteiger partial charge in [-0.3, -0.25) is 4.40 Å². The summed E-state index contributed by atoms with van der Waals surface area (Å²) in [6.45, 7) is 2.68. The molecule has 5 aromatic rings. The minimum Gasteiger partial charge on any atom is -0.422 e. The highest BCUT2D eigenvalue weighted by Gasteiger charge is 2.20. The fraction of sp³-hybridized carbons (Fsp3) is 0.0769. The fourth-order valence-corrected chi connectivity index (χ4v) is 4.24. The Morgan fingerprint density at radius 1 is 1.00 bits per heavy atom. The highest BCUT2D eigenvalue weighted by molar-refractivity contribution is 7.12. The van der Waals surface area contributed by atoms with Crippen molar-refractivity contribution in [3.63, 3.8) is 0 Å². The largest absolute Gasteiger partial charge is 0.422 e. The molecule has 0 amide bonds. The summed E-state index contributed by atoms with van der Waals surface area (Å²) in [4.78, 5) is 18.1. The van der Waals surface area contributed by atoms with Crippen LogP contribution in [-0.2, 0) is 6.54 Å². The number of anilines is 1. The Bertz CT molecular complexity index is 1380. The van der Waals surface area contributed by atoms with Crippen LogP contribution in [0.1, 0.15) is 20.8 Å². The van der Waals surface area contributed by atoms with Gasteiger partial charge < -0.3 is 10.1 Å². The number of thiophene rings is 1. The van der Waals surface area contributed by atoms with Crippen LogP contribution in [0.2, 0.25) is 0 Å². The molecule has 0 saturated carbocycles. The molecule has 5 nitrogen and oxygen atoms in total. The zero-order valence-corrected chi connectivity index (χ0v) is 18.3. The molecule has 0 unspecified atom stereocenters. The summed E-state index contributed by atoms with van der Waals surface area (Å²) in [6.07, 6.45) is 1.99. The van der Waals surface area contributed by atoms with Crippen LogP contribution in [0, 0.1) is 6.92 Å². The third-order valence-corrected chi connectivity index (χ3v) is 6.07. The second-order valence-electron chi connectivity index (χ2n) is 7.40. The molecular weight excluding hydrogens is 418 g/mol. The van der Waals surface area contributed by atoms with Crippen molar-refractivity contribution in [3.05, 3.63) is 106 Å². The maximum Gasteiger partial charge on any atom is 0.353 e. The van der Waals surface area contributed by atoms with Gasteiger partial charge in [0.15, 0.2) is 0 Å². The van der Waals surface area contributed by atoms with Gasteiger partial charge >= 0.3 is 5.97 Å². The zero-order valence-electron chi connectivity index (χ0n) is 17.5. The van der Waals surface area contributed by atoms with Gasteiger partial charge in [-0.05, 0) is 47.7 Å². The monoisotopic (exact) mass is 439 g/mol. The van der Waals surface area contributed by atoms with E-state index < -0.39 is 0 Å². The number of carbonyl (C=O) groups excluding carboxylic acids is 1. The molecule has 158 valence electrons. The van der Waals surface area contributed by atoms with Crippen LogP contribution in [0.25, 0.3) is 16.9 Å². The quantitative estimate of drug-likeness (QED) is 0.253. The van der Waals surface area contributed by atoms with Crippen LogP contribution >= 0.6 is 11.3 Å². The topological polar surface area (TPSA) is 55.6 Å². The number of hydrogen-bond acceptors (Lipinski definition) is 5. The molecule has 0 spiro atoms. The highest BCUT2D eigenvalue weighted by Crippen LogP contribution is 2.36. The van der Waals surface area contributed by atoms with E-state index in [0.29, 0.717) is 17.2 Å². The molecule has 0 saturated heterocycles. The number of aryl methyl sites for hydroxylation is 1. The van der Waals surface area contributed by atoms with Crippen molar-refractivity contribution >= 4 is 28.8 Å². The van der Waals surface area contributed by atoms with Gasteiger partial charge in [-0.1, -0.05) is 54.6 Å². The van der Waals surface area contributed by atoms with E-state index in [0.717, 1.165) is 28.3 Å². The van der Waals surface area contributed by atoms with E-state index >= 15 is 0 Å². The first-order valence-electron chi connectivity index (χ1n) is 10.3. The first kappa shape index (κ1) is 20.0. The van der Waals surface area contributed by atoms with Gasteiger partial charge in [0.2, 0.25) is 0 Å². The molecular formula is C26H21N3O2S. The molecule has 1 N–H and O–H groups in total. The summed E-state index contributed by atoms with van der Waals surface area (Å²) in [5, 5.41) is 5.41. The normalized spacial score (nSPS) is 10.9.